The van der Waals surface area contributed by atoms with E-state index in [9.17, 15) is 0 Å². The highest BCUT2D eigenvalue weighted by atomic mass is 32.1. The van der Waals surface area contributed by atoms with Gasteiger partial charge in [-0.3, -0.25) is 0 Å². The number of rotatable bonds is 2. The van der Waals surface area contributed by atoms with E-state index in [4.69, 9.17) is 4.74 Å². The van der Waals surface area contributed by atoms with E-state index in [-0.39, 0.29) is 0 Å². The average Bonchev–Trinajstić information content (AvgIpc) is 2.67. The number of hydrogen-bond acceptors (Lipinski definition) is 3. The van der Waals surface area contributed by atoms with Gasteiger partial charge in [-0.1, -0.05) is 23.5 Å². The van der Waals surface area contributed by atoms with Crippen LogP contribution < -0.4 is 4.74 Å². The van der Waals surface area contributed by atoms with E-state index in [1.807, 2.05) is 6.92 Å². The first-order chi connectivity index (χ1) is 8.04. The molecule has 17 heavy (non-hydrogen) atoms. The second-order valence-corrected chi connectivity index (χ2v) is 5.24. The number of aryl methyl sites for hydroxylation is 2. The Morgan fingerprint density at radius 2 is 1.76 bits per heavy atom. The third kappa shape index (κ3) is 2.07. The molecule has 0 saturated carbocycles. The average molecular weight is 247 g/mol. The monoisotopic (exact) mass is 247 g/mol. The van der Waals surface area contributed by atoms with Crippen molar-refractivity contribution in [3.63, 3.8) is 0 Å². The third-order valence-corrected chi connectivity index (χ3v) is 4.38. The van der Waals surface area contributed by atoms with Gasteiger partial charge in [-0.05, 0) is 44.4 Å². The van der Waals surface area contributed by atoms with Crippen LogP contribution in [0.3, 0.4) is 0 Å². The molecule has 90 valence electrons. The van der Waals surface area contributed by atoms with Gasteiger partial charge in [-0.2, -0.15) is 0 Å². The Morgan fingerprint density at radius 1 is 1.06 bits per heavy atom. The van der Waals surface area contributed by atoms with Crippen LogP contribution >= 0.6 is 11.3 Å². The summed E-state index contributed by atoms with van der Waals surface area (Å²) in [6, 6.07) is 4.30. The molecule has 2 nitrogen and oxygen atoms in total. The Kier molecular flexibility index (Phi) is 3.20. The van der Waals surface area contributed by atoms with E-state index in [0.29, 0.717) is 0 Å². The zero-order chi connectivity index (χ0) is 12.6. The Bertz CT molecular complexity index is 558. The Hall–Kier alpha value is -1.35. The quantitative estimate of drug-likeness (QED) is 0.798. The molecule has 0 aliphatic heterocycles. The number of nitrogens with zero attached hydrogens (tertiary/aromatic N) is 1. The first-order valence-electron chi connectivity index (χ1n) is 5.63. The fourth-order valence-electron chi connectivity index (χ4n) is 1.87. The molecule has 1 heterocycles. The van der Waals surface area contributed by atoms with Crippen LogP contribution in [-0.2, 0) is 0 Å². The van der Waals surface area contributed by atoms with Crippen LogP contribution in [0.1, 0.15) is 22.4 Å². The zero-order valence-corrected chi connectivity index (χ0v) is 11.7. The second-order valence-electron chi connectivity index (χ2n) is 4.28. The van der Waals surface area contributed by atoms with Crippen LogP contribution in [-0.4, -0.2) is 12.1 Å². The molecule has 0 amide bonds. The van der Waals surface area contributed by atoms with Gasteiger partial charge in [0.25, 0.3) is 0 Å². The second kappa shape index (κ2) is 4.49. The summed E-state index contributed by atoms with van der Waals surface area (Å²) in [5.41, 5.74) is 6.15. The zero-order valence-electron chi connectivity index (χ0n) is 10.9. The first kappa shape index (κ1) is 12.1. The molecular weight excluding hydrogens is 230 g/mol. The number of thiazole rings is 1. The van der Waals surface area contributed by atoms with Crippen molar-refractivity contribution in [2.24, 2.45) is 0 Å². The lowest BCUT2D eigenvalue weighted by Crippen LogP contribution is -1.90. The molecular formula is C14H17NOS. The van der Waals surface area contributed by atoms with E-state index in [1.165, 1.54) is 22.3 Å². The standard InChI is InChI=1S/C14H17NOS/c1-8-6-7-12(10(3)9(8)2)13-15-11(4)14(16-5)17-13/h6-7H,1-5H3. The normalized spacial score (nSPS) is 10.6. The largest absolute Gasteiger partial charge is 0.486 e. The molecule has 0 N–H and O–H groups in total. The third-order valence-electron chi connectivity index (χ3n) is 3.23. The molecule has 0 fully saturated rings. The van der Waals surface area contributed by atoms with Gasteiger partial charge in [-0.15, -0.1) is 0 Å². The molecule has 0 bridgehead atoms. The van der Waals surface area contributed by atoms with Gasteiger partial charge >= 0.3 is 0 Å². The van der Waals surface area contributed by atoms with Crippen molar-refractivity contribution < 1.29 is 4.74 Å². The lowest BCUT2D eigenvalue weighted by atomic mass is 9.99. The highest BCUT2D eigenvalue weighted by Crippen LogP contribution is 2.35. The molecule has 0 atom stereocenters. The van der Waals surface area contributed by atoms with E-state index in [2.05, 4.69) is 37.9 Å². The summed E-state index contributed by atoms with van der Waals surface area (Å²) in [4.78, 5) is 4.58. The summed E-state index contributed by atoms with van der Waals surface area (Å²) in [6.45, 7) is 8.43. The number of hydrogen-bond donors (Lipinski definition) is 0. The molecule has 0 aliphatic rings. The predicted octanol–water partition coefficient (Wildman–Crippen LogP) is 4.05. The molecule has 2 rings (SSSR count). The highest BCUT2D eigenvalue weighted by Gasteiger charge is 2.13. The summed E-state index contributed by atoms with van der Waals surface area (Å²) in [6.07, 6.45) is 0. The van der Waals surface area contributed by atoms with E-state index in [1.54, 1.807) is 18.4 Å². The van der Waals surface area contributed by atoms with Crippen molar-refractivity contribution in [2.75, 3.05) is 7.11 Å². The smallest absolute Gasteiger partial charge is 0.197 e. The van der Waals surface area contributed by atoms with Crippen molar-refractivity contribution in [1.82, 2.24) is 4.98 Å². The van der Waals surface area contributed by atoms with Gasteiger partial charge in [0.2, 0.25) is 0 Å². The molecule has 1 aromatic heterocycles. The summed E-state index contributed by atoms with van der Waals surface area (Å²) >= 11 is 1.61. The Balaban J connectivity index is 2.57. The molecule has 1 aromatic carbocycles. The van der Waals surface area contributed by atoms with Crippen molar-refractivity contribution >= 4 is 11.3 Å². The summed E-state index contributed by atoms with van der Waals surface area (Å²) in [5.74, 6) is 0. The molecule has 2 aromatic rings. The Labute approximate surface area is 106 Å². The fraction of sp³-hybridized carbons (Fsp3) is 0.357. The lowest BCUT2D eigenvalue weighted by Gasteiger charge is -2.08. The van der Waals surface area contributed by atoms with Gasteiger partial charge in [0.15, 0.2) is 5.06 Å². The maximum absolute atomic E-state index is 5.30. The van der Waals surface area contributed by atoms with Crippen LogP contribution in [0.25, 0.3) is 10.6 Å². The number of methoxy groups -OCH3 is 1. The minimum Gasteiger partial charge on any atom is -0.486 e. The van der Waals surface area contributed by atoms with Crippen LogP contribution in [0.15, 0.2) is 12.1 Å². The number of benzene rings is 1. The lowest BCUT2D eigenvalue weighted by molar-refractivity contribution is 0.423. The van der Waals surface area contributed by atoms with E-state index in [0.717, 1.165) is 15.8 Å². The van der Waals surface area contributed by atoms with Gasteiger partial charge in [0, 0.05) is 5.56 Å². The maximum Gasteiger partial charge on any atom is 0.197 e. The van der Waals surface area contributed by atoms with Crippen molar-refractivity contribution in [3.8, 4) is 15.6 Å². The van der Waals surface area contributed by atoms with Crippen LogP contribution in [0, 0.1) is 27.7 Å². The van der Waals surface area contributed by atoms with Crippen LogP contribution in [0.2, 0.25) is 0 Å². The van der Waals surface area contributed by atoms with Crippen LogP contribution in [0.4, 0.5) is 0 Å². The van der Waals surface area contributed by atoms with E-state index < -0.39 is 0 Å². The molecule has 0 unspecified atom stereocenters. The van der Waals surface area contributed by atoms with Gasteiger partial charge < -0.3 is 4.74 Å². The number of aromatic nitrogens is 1. The molecule has 0 aliphatic carbocycles. The summed E-state index contributed by atoms with van der Waals surface area (Å²) < 4.78 is 5.30. The minimum absolute atomic E-state index is 0.901. The highest BCUT2D eigenvalue weighted by molar-refractivity contribution is 7.17. The SMILES string of the molecule is COc1sc(-c2ccc(C)c(C)c2C)nc1C. The predicted molar refractivity (Wildman–Crippen MR) is 73.1 cm³/mol. The fourth-order valence-corrected chi connectivity index (χ4v) is 2.84. The first-order valence-corrected chi connectivity index (χ1v) is 6.45. The van der Waals surface area contributed by atoms with Crippen molar-refractivity contribution in [1.29, 1.82) is 0 Å². The maximum atomic E-state index is 5.30. The Morgan fingerprint density at radius 3 is 2.35 bits per heavy atom. The molecule has 0 radical (unpaired) electrons. The summed E-state index contributed by atoms with van der Waals surface area (Å²) in [7, 11) is 1.69. The van der Waals surface area contributed by atoms with E-state index >= 15 is 0 Å². The van der Waals surface area contributed by atoms with Gasteiger partial charge in [0.05, 0.1) is 12.8 Å². The molecule has 0 spiro atoms. The molecule has 3 heteroatoms. The van der Waals surface area contributed by atoms with Crippen molar-refractivity contribution in [2.45, 2.75) is 27.7 Å². The van der Waals surface area contributed by atoms with Gasteiger partial charge in [-0.25, -0.2) is 4.98 Å². The van der Waals surface area contributed by atoms with Crippen molar-refractivity contribution in [3.05, 3.63) is 34.5 Å². The van der Waals surface area contributed by atoms with Crippen LogP contribution in [0.5, 0.6) is 5.06 Å². The molecule has 0 saturated heterocycles. The minimum atomic E-state index is 0.901. The van der Waals surface area contributed by atoms with Gasteiger partial charge in [0.1, 0.15) is 5.01 Å². The summed E-state index contributed by atoms with van der Waals surface area (Å²) in [5, 5.41) is 1.94. The number of ether oxygens (including phenoxy) is 1. The topological polar surface area (TPSA) is 22.1 Å².